The summed E-state index contributed by atoms with van der Waals surface area (Å²) < 4.78 is 10.2. The van der Waals surface area contributed by atoms with Gasteiger partial charge in [-0.05, 0) is 45.1 Å². The van der Waals surface area contributed by atoms with Gasteiger partial charge in [0.2, 0.25) is 0 Å². The molecule has 1 fully saturated rings. The predicted molar refractivity (Wildman–Crippen MR) is 62.1 cm³/mol. The first-order chi connectivity index (χ1) is 7.43. The highest BCUT2D eigenvalue weighted by molar-refractivity contribution is 5.60. The maximum Gasteiger partial charge on any atom is 0.510 e. The van der Waals surface area contributed by atoms with E-state index < -0.39 is 6.16 Å². The number of carbonyl (C=O) groups is 1. The second-order valence-corrected chi connectivity index (χ2v) is 5.28. The Morgan fingerprint density at radius 2 is 1.94 bits per heavy atom. The third-order valence-corrected chi connectivity index (χ3v) is 3.23. The van der Waals surface area contributed by atoms with Crippen molar-refractivity contribution < 1.29 is 14.3 Å². The fourth-order valence-electron chi connectivity index (χ4n) is 1.86. The summed E-state index contributed by atoms with van der Waals surface area (Å²) in [5.41, 5.74) is 0.391. The van der Waals surface area contributed by atoms with Crippen molar-refractivity contribution in [2.24, 2.45) is 5.41 Å². The zero-order valence-corrected chi connectivity index (χ0v) is 10.7. The van der Waals surface area contributed by atoms with Crippen molar-refractivity contribution in [3.63, 3.8) is 0 Å². The molecule has 1 N–H and O–H groups in total. The molecule has 1 aliphatic rings. The summed E-state index contributed by atoms with van der Waals surface area (Å²) in [4.78, 5) is 11.4. The van der Waals surface area contributed by atoms with Crippen LogP contribution in [-0.4, -0.2) is 25.5 Å². The Hall–Kier alpha value is -0.770. The van der Waals surface area contributed by atoms with Gasteiger partial charge in [-0.25, -0.2) is 4.79 Å². The highest BCUT2D eigenvalue weighted by atomic mass is 16.7. The van der Waals surface area contributed by atoms with Gasteiger partial charge in [-0.1, -0.05) is 13.8 Å². The van der Waals surface area contributed by atoms with E-state index in [0.29, 0.717) is 5.41 Å². The van der Waals surface area contributed by atoms with Gasteiger partial charge in [0, 0.05) is 0 Å². The van der Waals surface area contributed by atoms with E-state index in [1.807, 2.05) is 0 Å². The molecule has 1 aliphatic carbocycles. The molecule has 0 saturated heterocycles. The van der Waals surface area contributed by atoms with Crippen LogP contribution >= 0.6 is 0 Å². The molecule has 0 aromatic carbocycles. The van der Waals surface area contributed by atoms with Gasteiger partial charge in [-0.15, -0.1) is 0 Å². The van der Waals surface area contributed by atoms with Crippen molar-refractivity contribution in [3.05, 3.63) is 0 Å². The summed E-state index contributed by atoms with van der Waals surface area (Å²) >= 11 is 0. The normalized spacial score (nSPS) is 22.5. The molecule has 1 unspecified atom stereocenters. The second-order valence-electron chi connectivity index (χ2n) is 5.28. The number of nitrogens with one attached hydrogen (secondary N) is 1. The van der Waals surface area contributed by atoms with E-state index in [4.69, 9.17) is 9.47 Å². The van der Waals surface area contributed by atoms with Gasteiger partial charge in [0.15, 0.2) is 6.23 Å². The standard InChI is InChI=1S/C12H23NO3/c1-9(13-4)15-11(14)16-10-5-7-12(2,3)8-6-10/h9-10,13H,5-8H2,1-4H3. The van der Waals surface area contributed by atoms with Crippen LogP contribution in [0.4, 0.5) is 4.79 Å². The molecule has 0 aromatic rings. The van der Waals surface area contributed by atoms with Gasteiger partial charge in [0.05, 0.1) is 0 Å². The molecular formula is C12H23NO3. The predicted octanol–water partition coefficient (Wildman–Crippen LogP) is 2.67. The van der Waals surface area contributed by atoms with Crippen LogP contribution in [0.5, 0.6) is 0 Å². The van der Waals surface area contributed by atoms with E-state index in [1.165, 1.54) is 0 Å². The van der Waals surface area contributed by atoms with E-state index >= 15 is 0 Å². The largest absolute Gasteiger partial charge is 0.510 e. The minimum absolute atomic E-state index is 0.0320. The Kier molecular flexibility index (Phi) is 4.59. The minimum Gasteiger partial charge on any atom is -0.431 e. The molecule has 0 heterocycles. The Labute approximate surface area is 97.7 Å². The summed E-state index contributed by atoms with van der Waals surface area (Å²) in [5.74, 6) is 0. The molecule has 4 heteroatoms. The van der Waals surface area contributed by atoms with Crippen molar-refractivity contribution in [1.82, 2.24) is 5.32 Å². The number of hydrogen-bond donors (Lipinski definition) is 1. The van der Waals surface area contributed by atoms with Crippen molar-refractivity contribution in [2.45, 2.75) is 58.8 Å². The molecular weight excluding hydrogens is 206 g/mol. The molecule has 94 valence electrons. The fourth-order valence-corrected chi connectivity index (χ4v) is 1.86. The van der Waals surface area contributed by atoms with Gasteiger partial charge >= 0.3 is 6.16 Å². The first-order valence-electron chi connectivity index (χ1n) is 5.97. The zero-order chi connectivity index (χ0) is 12.2. The van der Waals surface area contributed by atoms with Crippen molar-refractivity contribution in [3.8, 4) is 0 Å². The van der Waals surface area contributed by atoms with Crippen LogP contribution in [0.25, 0.3) is 0 Å². The average molecular weight is 229 g/mol. The van der Waals surface area contributed by atoms with Gasteiger partial charge in [0.1, 0.15) is 6.10 Å². The lowest BCUT2D eigenvalue weighted by molar-refractivity contribution is -0.0222. The highest BCUT2D eigenvalue weighted by Gasteiger charge is 2.29. The molecule has 0 amide bonds. The quantitative estimate of drug-likeness (QED) is 0.597. The monoisotopic (exact) mass is 229 g/mol. The molecule has 0 aromatic heterocycles. The van der Waals surface area contributed by atoms with Crippen LogP contribution in [0.1, 0.15) is 46.5 Å². The molecule has 1 atom stereocenters. The van der Waals surface area contributed by atoms with Crippen molar-refractivity contribution in [1.29, 1.82) is 0 Å². The van der Waals surface area contributed by atoms with Crippen LogP contribution in [0.3, 0.4) is 0 Å². The maximum atomic E-state index is 11.4. The molecule has 1 saturated carbocycles. The fraction of sp³-hybridized carbons (Fsp3) is 0.917. The Balaban J connectivity index is 2.26. The molecule has 0 radical (unpaired) electrons. The van der Waals surface area contributed by atoms with Gasteiger partial charge in [-0.2, -0.15) is 0 Å². The summed E-state index contributed by atoms with van der Waals surface area (Å²) in [7, 11) is 1.74. The molecule has 0 aliphatic heterocycles. The Morgan fingerprint density at radius 1 is 1.38 bits per heavy atom. The van der Waals surface area contributed by atoms with Crippen molar-refractivity contribution >= 4 is 6.16 Å². The smallest absolute Gasteiger partial charge is 0.431 e. The first kappa shape index (κ1) is 13.3. The Bertz CT molecular complexity index is 230. The number of carbonyl (C=O) groups excluding carboxylic acids is 1. The lowest BCUT2D eigenvalue weighted by atomic mass is 9.76. The van der Waals surface area contributed by atoms with Crippen LogP contribution in [0.15, 0.2) is 0 Å². The lowest BCUT2D eigenvalue weighted by Gasteiger charge is -2.33. The zero-order valence-electron chi connectivity index (χ0n) is 10.7. The number of rotatable bonds is 3. The van der Waals surface area contributed by atoms with Crippen molar-refractivity contribution in [2.75, 3.05) is 7.05 Å². The van der Waals surface area contributed by atoms with E-state index in [0.717, 1.165) is 25.7 Å². The summed E-state index contributed by atoms with van der Waals surface area (Å²) in [6.07, 6.45) is 3.26. The molecule has 1 rings (SSSR count). The maximum absolute atomic E-state index is 11.4. The number of hydrogen-bond acceptors (Lipinski definition) is 4. The highest BCUT2D eigenvalue weighted by Crippen LogP contribution is 2.36. The molecule has 16 heavy (non-hydrogen) atoms. The van der Waals surface area contributed by atoms with E-state index in [9.17, 15) is 4.79 Å². The molecule has 0 spiro atoms. The van der Waals surface area contributed by atoms with E-state index in [2.05, 4.69) is 19.2 Å². The Morgan fingerprint density at radius 3 is 2.44 bits per heavy atom. The third-order valence-electron chi connectivity index (χ3n) is 3.23. The number of ether oxygens (including phenoxy) is 2. The first-order valence-corrected chi connectivity index (χ1v) is 5.97. The lowest BCUT2D eigenvalue weighted by Crippen LogP contribution is -2.32. The second kappa shape index (κ2) is 5.53. The van der Waals surface area contributed by atoms with Gasteiger partial charge < -0.3 is 9.47 Å². The summed E-state index contributed by atoms with van der Waals surface area (Å²) in [6, 6.07) is 0. The topological polar surface area (TPSA) is 47.6 Å². The van der Waals surface area contributed by atoms with E-state index in [-0.39, 0.29) is 12.3 Å². The van der Waals surface area contributed by atoms with E-state index in [1.54, 1.807) is 14.0 Å². The minimum atomic E-state index is -0.563. The van der Waals surface area contributed by atoms with Crippen LogP contribution < -0.4 is 5.32 Å². The average Bonchev–Trinajstić information content (AvgIpc) is 2.21. The SMILES string of the molecule is CNC(C)OC(=O)OC1CCC(C)(C)CC1. The van der Waals surface area contributed by atoms with Gasteiger partial charge in [-0.3, -0.25) is 5.32 Å². The van der Waals surface area contributed by atoms with Gasteiger partial charge in [0.25, 0.3) is 0 Å². The van der Waals surface area contributed by atoms with Crippen LogP contribution in [0, 0.1) is 5.41 Å². The van der Waals surface area contributed by atoms with Crippen LogP contribution in [0.2, 0.25) is 0 Å². The summed E-state index contributed by atoms with van der Waals surface area (Å²) in [5, 5.41) is 2.82. The molecule has 0 bridgehead atoms. The molecule has 4 nitrogen and oxygen atoms in total. The van der Waals surface area contributed by atoms with Crippen LogP contribution in [-0.2, 0) is 9.47 Å². The summed E-state index contributed by atoms with van der Waals surface area (Å²) in [6.45, 7) is 6.28. The third kappa shape index (κ3) is 4.39.